The highest BCUT2D eigenvalue weighted by molar-refractivity contribution is 5.76. The molecule has 0 aromatic rings. The zero-order chi connectivity index (χ0) is 15.3. The number of β-amino-alcohol motifs (C(OH)–C–C–N with tert-alkyl or cyclic N) is 1. The molecule has 1 heterocycles. The SMILES string of the molecule is CC(C)NCC(O)CN1CCC(C(C)(C)C)CCC1=O. The van der Waals surface area contributed by atoms with Crippen LogP contribution in [0.25, 0.3) is 0 Å². The maximum atomic E-state index is 12.2. The van der Waals surface area contributed by atoms with Crippen molar-refractivity contribution in [3.63, 3.8) is 0 Å². The van der Waals surface area contributed by atoms with E-state index >= 15 is 0 Å². The van der Waals surface area contributed by atoms with Crippen molar-refractivity contribution in [2.75, 3.05) is 19.6 Å². The Balaban J connectivity index is 2.48. The number of aliphatic hydroxyl groups excluding tert-OH is 1. The highest BCUT2D eigenvalue weighted by Gasteiger charge is 2.30. The van der Waals surface area contributed by atoms with Gasteiger partial charge in [0.2, 0.25) is 5.91 Å². The third-order valence-electron chi connectivity index (χ3n) is 4.22. The van der Waals surface area contributed by atoms with Gasteiger partial charge in [-0.1, -0.05) is 34.6 Å². The first-order valence-electron chi connectivity index (χ1n) is 7.89. The molecule has 0 radical (unpaired) electrons. The van der Waals surface area contributed by atoms with Crippen molar-refractivity contribution in [3.8, 4) is 0 Å². The van der Waals surface area contributed by atoms with Crippen LogP contribution in [0, 0.1) is 11.3 Å². The fourth-order valence-electron chi connectivity index (χ4n) is 2.79. The number of carbonyl (C=O) groups excluding carboxylic acids is 1. The van der Waals surface area contributed by atoms with Gasteiger partial charge < -0.3 is 15.3 Å². The van der Waals surface area contributed by atoms with Gasteiger partial charge in [0.25, 0.3) is 0 Å². The minimum absolute atomic E-state index is 0.195. The second kappa shape index (κ2) is 7.41. The minimum Gasteiger partial charge on any atom is -0.390 e. The van der Waals surface area contributed by atoms with Crippen LogP contribution < -0.4 is 5.32 Å². The van der Waals surface area contributed by atoms with Crippen LogP contribution in [0.15, 0.2) is 0 Å². The van der Waals surface area contributed by atoms with E-state index in [1.165, 1.54) is 0 Å². The van der Waals surface area contributed by atoms with E-state index in [0.29, 0.717) is 31.5 Å². The van der Waals surface area contributed by atoms with Gasteiger partial charge in [0.1, 0.15) is 0 Å². The molecule has 20 heavy (non-hydrogen) atoms. The summed E-state index contributed by atoms with van der Waals surface area (Å²) >= 11 is 0. The Hall–Kier alpha value is -0.610. The lowest BCUT2D eigenvalue weighted by molar-refractivity contribution is -0.132. The number of hydrogen-bond acceptors (Lipinski definition) is 3. The molecule has 1 aliphatic heterocycles. The highest BCUT2D eigenvalue weighted by Crippen LogP contribution is 2.34. The third kappa shape index (κ3) is 5.80. The molecule has 1 aliphatic rings. The second-order valence-corrected chi connectivity index (χ2v) is 7.45. The lowest BCUT2D eigenvalue weighted by atomic mass is 9.77. The van der Waals surface area contributed by atoms with Crippen molar-refractivity contribution >= 4 is 5.91 Å². The van der Waals surface area contributed by atoms with Gasteiger partial charge in [-0.15, -0.1) is 0 Å². The molecule has 0 spiro atoms. The van der Waals surface area contributed by atoms with Crippen LogP contribution in [0.2, 0.25) is 0 Å². The maximum absolute atomic E-state index is 12.2. The van der Waals surface area contributed by atoms with E-state index in [1.807, 2.05) is 4.90 Å². The van der Waals surface area contributed by atoms with Gasteiger partial charge in [0, 0.05) is 32.1 Å². The molecule has 4 nitrogen and oxygen atoms in total. The first-order valence-corrected chi connectivity index (χ1v) is 7.89. The molecule has 0 aromatic heterocycles. The van der Waals surface area contributed by atoms with Crippen molar-refractivity contribution < 1.29 is 9.90 Å². The largest absolute Gasteiger partial charge is 0.390 e. The summed E-state index contributed by atoms with van der Waals surface area (Å²) in [5.41, 5.74) is 0.258. The fourth-order valence-corrected chi connectivity index (χ4v) is 2.79. The Bertz CT molecular complexity index is 310. The molecule has 1 rings (SSSR count). The monoisotopic (exact) mass is 284 g/mol. The normalized spacial score (nSPS) is 23.1. The fraction of sp³-hybridized carbons (Fsp3) is 0.938. The third-order valence-corrected chi connectivity index (χ3v) is 4.22. The molecule has 2 N–H and O–H groups in total. The summed E-state index contributed by atoms with van der Waals surface area (Å²) in [5.74, 6) is 0.780. The summed E-state index contributed by atoms with van der Waals surface area (Å²) in [6, 6.07) is 0.356. The van der Waals surface area contributed by atoms with Crippen LogP contribution in [0.3, 0.4) is 0 Å². The standard InChI is InChI=1S/C16H32N2O2/c1-12(2)17-10-14(19)11-18-9-8-13(16(3,4)5)6-7-15(18)20/h12-14,17,19H,6-11H2,1-5H3. The number of rotatable bonds is 5. The minimum atomic E-state index is -0.479. The highest BCUT2D eigenvalue weighted by atomic mass is 16.3. The van der Waals surface area contributed by atoms with Crippen LogP contribution in [0.1, 0.15) is 53.9 Å². The average Bonchev–Trinajstić information content (AvgIpc) is 2.49. The van der Waals surface area contributed by atoms with Crippen molar-refractivity contribution in [3.05, 3.63) is 0 Å². The van der Waals surface area contributed by atoms with E-state index in [9.17, 15) is 9.90 Å². The molecule has 2 atom stereocenters. The van der Waals surface area contributed by atoms with Gasteiger partial charge in [0.05, 0.1) is 6.10 Å². The molecule has 1 fully saturated rings. The number of likely N-dealkylation sites (tertiary alicyclic amines) is 1. The number of nitrogens with one attached hydrogen (secondary N) is 1. The summed E-state index contributed by atoms with van der Waals surface area (Å²) in [7, 11) is 0. The van der Waals surface area contributed by atoms with Gasteiger partial charge in [-0.25, -0.2) is 0 Å². The molecule has 1 amide bonds. The van der Waals surface area contributed by atoms with E-state index in [4.69, 9.17) is 0 Å². The zero-order valence-electron chi connectivity index (χ0n) is 13.8. The van der Waals surface area contributed by atoms with Crippen molar-refractivity contribution in [2.45, 2.75) is 66.0 Å². The van der Waals surface area contributed by atoms with Crippen molar-refractivity contribution in [2.24, 2.45) is 11.3 Å². The van der Waals surface area contributed by atoms with E-state index in [1.54, 1.807) is 0 Å². The Morgan fingerprint density at radius 1 is 1.35 bits per heavy atom. The summed E-state index contributed by atoms with van der Waals surface area (Å²) in [6.45, 7) is 12.6. The summed E-state index contributed by atoms with van der Waals surface area (Å²) < 4.78 is 0. The van der Waals surface area contributed by atoms with Gasteiger partial charge in [-0.3, -0.25) is 4.79 Å². The Labute approximate surface area is 123 Å². The number of nitrogens with zero attached hydrogens (tertiary/aromatic N) is 1. The van der Waals surface area contributed by atoms with Gasteiger partial charge in [-0.05, 0) is 24.2 Å². The van der Waals surface area contributed by atoms with Crippen LogP contribution in [0.4, 0.5) is 0 Å². The number of carbonyl (C=O) groups is 1. The summed E-state index contributed by atoms with van der Waals surface area (Å²) in [6.07, 6.45) is 2.15. The summed E-state index contributed by atoms with van der Waals surface area (Å²) in [4.78, 5) is 14.0. The van der Waals surface area contributed by atoms with E-state index < -0.39 is 6.10 Å². The predicted octanol–water partition coefficient (Wildman–Crippen LogP) is 2.02. The number of amides is 1. The molecule has 0 saturated carbocycles. The Morgan fingerprint density at radius 3 is 2.55 bits per heavy atom. The zero-order valence-corrected chi connectivity index (χ0v) is 13.8. The molecular formula is C16H32N2O2. The Morgan fingerprint density at radius 2 is 2.00 bits per heavy atom. The van der Waals surface area contributed by atoms with Gasteiger partial charge in [0.15, 0.2) is 0 Å². The van der Waals surface area contributed by atoms with E-state index in [-0.39, 0.29) is 11.3 Å². The van der Waals surface area contributed by atoms with Crippen molar-refractivity contribution in [1.29, 1.82) is 0 Å². The smallest absolute Gasteiger partial charge is 0.222 e. The first kappa shape index (κ1) is 17.4. The number of aliphatic hydroxyl groups is 1. The molecule has 1 saturated heterocycles. The Kier molecular flexibility index (Phi) is 6.46. The predicted molar refractivity (Wildman–Crippen MR) is 82.5 cm³/mol. The van der Waals surface area contributed by atoms with Crippen LogP contribution in [-0.2, 0) is 4.79 Å². The quantitative estimate of drug-likeness (QED) is 0.812. The molecule has 2 unspecified atom stereocenters. The molecule has 0 aromatic carbocycles. The van der Waals surface area contributed by atoms with Crippen LogP contribution in [-0.4, -0.2) is 47.7 Å². The van der Waals surface area contributed by atoms with Gasteiger partial charge in [-0.2, -0.15) is 0 Å². The lowest BCUT2D eigenvalue weighted by Gasteiger charge is -2.30. The topological polar surface area (TPSA) is 52.6 Å². The molecule has 118 valence electrons. The first-order chi connectivity index (χ1) is 9.20. The average molecular weight is 284 g/mol. The molecule has 4 heteroatoms. The van der Waals surface area contributed by atoms with Crippen LogP contribution >= 0.6 is 0 Å². The van der Waals surface area contributed by atoms with Crippen molar-refractivity contribution in [1.82, 2.24) is 10.2 Å². The van der Waals surface area contributed by atoms with E-state index in [0.717, 1.165) is 19.4 Å². The molecule has 0 aliphatic carbocycles. The van der Waals surface area contributed by atoms with E-state index in [2.05, 4.69) is 39.9 Å². The lowest BCUT2D eigenvalue weighted by Crippen LogP contribution is -2.42. The van der Waals surface area contributed by atoms with Crippen LogP contribution in [0.5, 0.6) is 0 Å². The number of hydrogen-bond donors (Lipinski definition) is 2. The molecule has 0 bridgehead atoms. The van der Waals surface area contributed by atoms with Gasteiger partial charge >= 0.3 is 0 Å². The molecular weight excluding hydrogens is 252 g/mol. The second-order valence-electron chi connectivity index (χ2n) is 7.45. The maximum Gasteiger partial charge on any atom is 0.222 e. The summed E-state index contributed by atoms with van der Waals surface area (Å²) in [5, 5.41) is 13.2.